The van der Waals surface area contributed by atoms with Gasteiger partial charge in [0.1, 0.15) is 5.75 Å². The van der Waals surface area contributed by atoms with Gasteiger partial charge in [0.15, 0.2) is 0 Å². The van der Waals surface area contributed by atoms with E-state index >= 15 is 0 Å². The zero-order chi connectivity index (χ0) is 13.1. The lowest BCUT2D eigenvalue weighted by Gasteiger charge is -2.01. The first-order chi connectivity index (χ1) is 8.56. The third-order valence-corrected chi connectivity index (χ3v) is 3.29. The third kappa shape index (κ3) is 3.25. The molecular formula is C13H8BrCl2NO. The van der Waals surface area contributed by atoms with Crippen LogP contribution in [0, 0.1) is 0 Å². The summed E-state index contributed by atoms with van der Waals surface area (Å²) in [5, 5.41) is 10.7. The van der Waals surface area contributed by atoms with Crippen molar-refractivity contribution < 1.29 is 5.11 Å². The summed E-state index contributed by atoms with van der Waals surface area (Å²) in [6.45, 7) is 0. The van der Waals surface area contributed by atoms with E-state index in [0.29, 0.717) is 21.3 Å². The van der Waals surface area contributed by atoms with Gasteiger partial charge >= 0.3 is 0 Å². The van der Waals surface area contributed by atoms with Crippen LogP contribution in [-0.2, 0) is 0 Å². The van der Waals surface area contributed by atoms with Crippen LogP contribution >= 0.6 is 39.1 Å². The molecule has 0 aromatic heterocycles. The molecule has 1 N–H and O–H groups in total. The molecule has 2 aromatic rings. The molecule has 0 saturated carbocycles. The first kappa shape index (κ1) is 13.4. The van der Waals surface area contributed by atoms with Crippen molar-refractivity contribution in [2.75, 3.05) is 0 Å². The van der Waals surface area contributed by atoms with Gasteiger partial charge in [-0.3, -0.25) is 4.99 Å². The molecule has 18 heavy (non-hydrogen) atoms. The molecule has 0 fully saturated rings. The lowest BCUT2D eigenvalue weighted by atomic mass is 10.2. The molecule has 5 heteroatoms. The molecular weight excluding hydrogens is 337 g/mol. The second kappa shape index (κ2) is 5.74. The fourth-order valence-corrected chi connectivity index (χ4v) is 2.06. The van der Waals surface area contributed by atoms with Gasteiger partial charge in [0.2, 0.25) is 0 Å². The number of hydrogen-bond acceptors (Lipinski definition) is 2. The van der Waals surface area contributed by atoms with Crippen molar-refractivity contribution in [1.82, 2.24) is 0 Å². The number of phenols is 1. The van der Waals surface area contributed by atoms with E-state index in [4.69, 9.17) is 23.2 Å². The summed E-state index contributed by atoms with van der Waals surface area (Å²) in [7, 11) is 0. The number of aromatic hydroxyl groups is 1. The van der Waals surface area contributed by atoms with Crippen LogP contribution in [0.1, 0.15) is 5.56 Å². The van der Waals surface area contributed by atoms with Gasteiger partial charge in [-0.25, -0.2) is 0 Å². The molecule has 0 unspecified atom stereocenters. The molecule has 0 saturated heterocycles. The standard InChI is InChI=1S/C13H8BrCl2NO/c14-9-1-4-13(18)8(5-9)7-17-12-6-10(15)2-3-11(12)16/h1-7,18H. The maximum absolute atomic E-state index is 9.67. The van der Waals surface area contributed by atoms with E-state index in [1.807, 2.05) is 0 Å². The van der Waals surface area contributed by atoms with Crippen LogP contribution in [0.4, 0.5) is 5.69 Å². The number of benzene rings is 2. The molecule has 0 atom stereocenters. The highest BCUT2D eigenvalue weighted by atomic mass is 79.9. The van der Waals surface area contributed by atoms with Gasteiger partial charge in [0, 0.05) is 21.3 Å². The number of rotatable bonds is 2. The fourth-order valence-electron chi connectivity index (χ4n) is 1.35. The van der Waals surface area contributed by atoms with Crippen LogP contribution in [0.15, 0.2) is 45.9 Å². The van der Waals surface area contributed by atoms with Crippen molar-refractivity contribution in [1.29, 1.82) is 0 Å². The van der Waals surface area contributed by atoms with Gasteiger partial charge in [0.05, 0.1) is 10.7 Å². The highest BCUT2D eigenvalue weighted by molar-refractivity contribution is 9.10. The molecule has 2 aromatic carbocycles. The van der Waals surface area contributed by atoms with Crippen LogP contribution in [0.2, 0.25) is 10.0 Å². The lowest BCUT2D eigenvalue weighted by Crippen LogP contribution is -1.82. The number of phenolic OH excluding ortho intramolecular Hbond substituents is 1. The Morgan fingerprint density at radius 2 is 1.89 bits per heavy atom. The monoisotopic (exact) mass is 343 g/mol. The molecule has 0 spiro atoms. The van der Waals surface area contributed by atoms with Crippen LogP contribution in [0.25, 0.3) is 0 Å². The first-order valence-electron chi connectivity index (χ1n) is 5.04. The normalized spacial score (nSPS) is 11.1. The van der Waals surface area contributed by atoms with Gasteiger partial charge in [-0.1, -0.05) is 39.1 Å². The second-order valence-corrected chi connectivity index (χ2v) is 5.32. The zero-order valence-corrected chi connectivity index (χ0v) is 12.2. The van der Waals surface area contributed by atoms with Crippen LogP contribution in [-0.4, -0.2) is 11.3 Å². The summed E-state index contributed by atoms with van der Waals surface area (Å²) in [6, 6.07) is 10.1. The van der Waals surface area contributed by atoms with E-state index in [-0.39, 0.29) is 5.75 Å². The molecule has 2 nitrogen and oxygen atoms in total. The SMILES string of the molecule is Oc1ccc(Br)cc1C=Nc1cc(Cl)ccc1Cl. The smallest absolute Gasteiger partial charge is 0.124 e. The predicted molar refractivity (Wildman–Crippen MR) is 79.5 cm³/mol. The average molecular weight is 345 g/mol. The average Bonchev–Trinajstić information content (AvgIpc) is 2.34. The van der Waals surface area contributed by atoms with Gasteiger partial charge in [-0.2, -0.15) is 0 Å². The van der Waals surface area contributed by atoms with Crippen molar-refractivity contribution in [3.8, 4) is 5.75 Å². The lowest BCUT2D eigenvalue weighted by molar-refractivity contribution is 0.474. The minimum absolute atomic E-state index is 0.153. The van der Waals surface area contributed by atoms with Crippen molar-refractivity contribution in [3.05, 3.63) is 56.5 Å². The fraction of sp³-hybridized carbons (Fsp3) is 0. The summed E-state index contributed by atoms with van der Waals surface area (Å²) < 4.78 is 0.860. The molecule has 0 aliphatic heterocycles. The van der Waals surface area contributed by atoms with Crippen molar-refractivity contribution in [3.63, 3.8) is 0 Å². The van der Waals surface area contributed by atoms with E-state index in [1.54, 1.807) is 36.4 Å². The van der Waals surface area contributed by atoms with Gasteiger partial charge in [-0.15, -0.1) is 0 Å². The number of halogens is 3. The largest absolute Gasteiger partial charge is 0.507 e. The summed E-state index contributed by atoms with van der Waals surface area (Å²) in [4.78, 5) is 4.22. The summed E-state index contributed by atoms with van der Waals surface area (Å²) in [6.07, 6.45) is 1.54. The second-order valence-electron chi connectivity index (χ2n) is 3.56. The highest BCUT2D eigenvalue weighted by Crippen LogP contribution is 2.28. The quantitative estimate of drug-likeness (QED) is 0.745. The van der Waals surface area contributed by atoms with Gasteiger partial charge in [0.25, 0.3) is 0 Å². The molecule has 0 radical (unpaired) electrons. The maximum Gasteiger partial charge on any atom is 0.124 e. The van der Waals surface area contributed by atoms with E-state index in [2.05, 4.69) is 20.9 Å². The molecule has 0 bridgehead atoms. The minimum atomic E-state index is 0.153. The number of nitrogens with zero attached hydrogens (tertiary/aromatic N) is 1. The van der Waals surface area contributed by atoms with Crippen LogP contribution in [0.3, 0.4) is 0 Å². The maximum atomic E-state index is 9.67. The van der Waals surface area contributed by atoms with Crippen molar-refractivity contribution >= 4 is 51.0 Å². The Hall–Kier alpha value is -1.03. The topological polar surface area (TPSA) is 32.6 Å². The van der Waals surface area contributed by atoms with Crippen LogP contribution in [0.5, 0.6) is 5.75 Å². The summed E-state index contributed by atoms with van der Waals surface area (Å²) in [5.74, 6) is 0.153. The molecule has 92 valence electrons. The predicted octanol–water partition coefficient (Wildman–Crippen LogP) is 5.21. The number of aliphatic imine (C=N–C) groups is 1. The zero-order valence-electron chi connectivity index (χ0n) is 9.07. The van der Waals surface area contributed by atoms with Crippen molar-refractivity contribution in [2.24, 2.45) is 4.99 Å². The Morgan fingerprint density at radius 1 is 1.11 bits per heavy atom. The molecule has 0 aliphatic carbocycles. The Bertz CT molecular complexity index is 560. The van der Waals surface area contributed by atoms with E-state index in [0.717, 1.165) is 4.47 Å². The molecule has 2 rings (SSSR count). The summed E-state index contributed by atoms with van der Waals surface area (Å²) >= 11 is 15.2. The third-order valence-electron chi connectivity index (χ3n) is 2.24. The van der Waals surface area contributed by atoms with E-state index in [9.17, 15) is 5.11 Å². The van der Waals surface area contributed by atoms with Crippen LogP contribution < -0.4 is 0 Å². The van der Waals surface area contributed by atoms with Crippen molar-refractivity contribution in [2.45, 2.75) is 0 Å². The summed E-state index contributed by atoms with van der Waals surface area (Å²) in [5.41, 5.74) is 1.16. The Kier molecular flexibility index (Phi) is 4.27. The number of hydrogen-bond donors (Lipinski definition) is 1. The Morgan fingerprint density at radius 3 is 2.67 bits per heavy atom. The molecule has 0 aliphatic rings. The van der Waals surface area contributed by atoms with Gasteiger partial charge in [-0.05, 0) is 36.4 Å². The van der Waals surface area contributed by atoms with Gasteiger partial charge < -0.3 is 5.11 Å². The first-order valence-corrected chi connectivity index (χ1v) is 6.59. The van der Waals surface area contributed by atoms with E-state index < -0.39 is 0 Å². The van der Waals surface area contributed by atoms with E-state index in [1.165, 1.54) is 6.21 Å². The minimum Gasteiger partial charge on any atom is -0.507 e. The highest BCUT2D eigenvalue weighted by Gasteiger charge is 2.01. The Balaban J connectivity index is 2.35. The molecule has 0 amide bonds. The molecule has 0 heterocycles. The Labute approximate surface area is 123 Å².